The SMILES string of the molecule is CCCN(CCC)C(=O)c1cc(C)cc(C(=O)O[C@H](CNC2CCNCC2)[C@@H](N)Cc2cc(F)cc(F)c2)c1. The molecule has 0 aromatic heterocycles. The van der Waals surface area contributed by atoms with Crippen LogP contribution in [-0.4, -0.2) is 67.7 Å². The van der Waals surface area contributed by atoms with Gasteiger partial charge >= 0.3 is 5.97 Å². The number of rotatable bonds is 13. The lowest BCUT2D eigenvalue weighted by Crippen LogP contribution is -2.49. The van der Waals surface area contributed by atoms with Crippen molar-refractivity contribution in [3.05, 3.63) is 70.3 Å². The zero-order valence-corrected chi connectivity index (χ0v) is 23.3. The van der Waals surface area contributed by atoms with Gasteiger partial charge in [0.05, 0.1) is 5.56 Å². The number of nitrogens with two attached hydrogens (primary N) is 1. The van der Waals surface area contributed by atoms with Crippen LogP contribution in [0, 0.1) is 18.6 Å². The lowest BCUT2D eigenvalue weighted by Gasteiger charge is -2.29. The first-order chi connectivity index (χ1) is 18.7. The summed E-state index contributed by atoms with van der Waals surface area (Å²) in [6.45, 7) is 9.24. The van der Waals surface area contributed by atoms with E-state index in [4.69, 9.17) is 10.5 Å². The average Bonchev–Trinajstić information content (AvgIpc) is 2.90. The molecular weight excluding hydrogens is 502 g/mol. The van der Waals surface area contributed by atoms with Gasteiger partial charge in [0.2, 0.25) is 0 Å². The molecule has 1 saturated heterocycles. The molecular formula is C30H42F2N4O3. The van der Waals surface area contributed by atoms with Crippen LogP contribution in [0.4, 0.5) is 8.78 Å². The summed E-state index contributed by atoms with van der Waals surface area (Å²) >= 11 is 0. The molecule has 0 spiro atoms. The smallest absolute Gasteiger partial charge is 0.338 e. The van der Waals surface area contributed by atoms with E-state index in [0.717, 1.165) is 50.4 Å². The van der Waals surface area contributed by atoms with Crippen molar-refractivity contribution in [2.75, 3.05) is 32.7 Å². The zero-order chi connectivity index (χ0) is 28.4. The molecule has 7 nitrogen and oxygen atoms in total. The van der Waals surface area contributed by atoms with Gasteiger partial charge in [0.15, 0.2) is 0 Å². The number of halogens is 2. The third-order valence-corrected chi connectivity index (χ3v) is 6.91. The van der Waals surface area contributed by atoms with Gasteiger partial charge in [-0.05, 0) is 93.6 Å². The van der Waals surface area contributed by atoms with E-state index >= 15 is 0 Å². The summed E-state index contributed by atoms with van der Waals surface area (Å²) in [6.07, 6.45) is 2.91. The second-order valence-electron chi connectivity index (χ2n) is 10.4. The number of esters is 1. The summed E-state index contributed by atoms with van der Waals surface area (Å²) < 4.78 is 33.5. The molecule has 1 fully saturated rings. The van der Waals surface area contributed by atoms with Crippen LogP contribution in [0.5, 0.6) is 0 Å². The van der Waals surface area contributed by atoms with Gasteiger partial charge in [0.25, 0.3) is 5.91 Å². The van der Waals surface area contributed by atoms with E-state index in [0.29, 0.717) is 30.8 Å². The molecule has 0 radical (unpaired) electrons. The molecule has 0 aliphatic carbocycles. The molecule has 4 N–H and O–H groups in total. The number of aryl methyl sites for hydroxylation is 1. The maximum Gasteiger partial charge on any atom is 0.338 e. The highest BCUT2D eigenvalue weighted by atomic mass is 19.1. The van der Waals surface area contributed by atoms with E-state index in [9.17, 15) is 18.4 Å². The number of piperidine rings is 1. The Hall–Kier alpha value is -2.88. The quantitative estimate of drug-likeness (QED) is 0.330. The average molecular weight is 545 g/mol. The van der Waals surface area contributed by atoms with E-state index in [-0.39, 0.29) is 23.9 Å². The fourth-order valence-electron chi connectivity index (χ4n) is 4.99. The summed E-state index contributed by atoms with van der Waals surface area (Å²) in [5, 5.41) is 6.76. The Morgan fingerprint density at radius 1 is 1.03 bits per heavy atom. The first-order valence-electron chi connectivity index (χ1n) is 14.0. The molecule has 1 heterocycles. The van der Waals surface area contributed by atoms with Gasteiger partial charge in [-0.1, -0.05) is 13.8 Å². The predicted molar refractivity (Wildman–Crippen MR) is 149 cm³/mol. The number of nitrogens with one attached hydrogen (secondary N) is 2. The van der Waals surface area contributed by atoms with Crippen molar-refractivity contribution in [2.24, 2.45) is 5.73 Å². The minimum Gasteiger partial charge on any atom is -0.456 e. The number of carbonyl (C=O) groups excluding carboxylic acids is 2. The second kappa shape index (κ2) is 15.1. The van der Waals surface area contributed by atoms with Crippen LogP contribution in [-0.2, 0) is 11.2 Å². The zero-order valence-electron chi connectivity index (χ0n) is 23.3. The number of hydrogen-bond donors (Lipinski definition) is 3. The maximum atomic E-state index is 13.8. The largest absolute Gasteiger partial charge is 0.456 e. The molecule has 39 heavy (non-hydrogen) atoms. The molecule has 1 amide bonds. The van der Waals surface area contributed by atoms with E-state index < -0.39 is 29.7 Å². The highest BCUT2D eigenvalue weighted by Gasteiger charge is 2.26. The van der Waals surface area contributed by atoms with Crippen molar-refractivity contribution in [2.45, 2.75) is 71.1 Å². The molecule has 2 aromatic rings. The number of amides is 1. The Balaban J connectivity index is 1.79. The molecule has 2 aromatic carbocycles. The Bertz CT molecular complexity index is 1080. The first kappa shape index (κ1) is 30.7. The highest BCUT2D eigenvalue weighted by molar-refractivity contribution is 5.98. The minimum absolute atomic E-state index is 0.120. The van der Waals surface area contributed by atoms with Crippen molar-refractivity contribution in [3.8, 4) is 0 Å². The van der Waals surface area contributed by atoms with Gasteiger partial charge in [-0.3, -0.25) is 4.79 Å². The lowest BCUT2D eigenvalue weighted by molar-refractivity contribution is 0.0229. The Labute approximate surface area is 230 Å². The standard InChI is InChI=1S/C30H42F2N4O3/c1-4-10-36(11-5-2)29(37)22-12-20(3)13-23(17-22)30(38)39-28(19-35-26-6-8-34-9-7-26)27(33)16-21-14-24(31)18-25(32)15-21/h12-15,17-18,26-28,34-35H,4-11,16,19,33H2,1-3H3/t27-,28+/m0/s1. The van der Waals surface area contributed by atoms with E-state index in [1.54, 1.807) is 23.1 Å². The Morgan fingerprint density at radius 3 is 2.26 bits per heavy atom. The van der Waals surface area contributed by atoms with Crippen LogP contribution in [0.2, 0.25) is 0 Å². The number of benzene rings is 2. The fourth-order valence-corrected chi connectivity index (χ4v) is 4.99. The third kappa shape index (κ3) is 9.37. The van der Waals surface area contributed by atoms with Crippen molar-refractivity contribution < 1.29 is 23.1 Å². The number of hydrogen-bond acceptors (Lipinski definition) is 6. The molecule has 0 unspecified atom stereocenters. The van der Waals surface area contributed by atoms with Crippen molar-refractivity contribution in [3.63, 3.8) is 0 Å². The van der Waals surface area contributed by atoms with Crippen LogP contribution in [0.1, 0.15) is 71.4 Å². The molecule has 3 rings (SSSR count). The second-order valence-corrected chi connectivity index (χ2v) is 10.4. The summed E-state index contributed by atoms with van der Waals surface area (Å²) in [5.74, 6) is -2.08. The van der Waals surface area contributed by atoms with Gasteiger partial charge in [0.1, 0.15) is 17.7 Å². The van der Waals surface area contributed by atoms with Gasteiger partial charge in [-0.2, -0.15) is 0 Å². The van der Waals surface area contributed by atoms with Crippen molar-refractivity contribution in [1.82, 2.24) is 15.5 Å². The van der Waals surface area contributed by atoms with E-state index in [2.05, 4.69) is 10.6 Å². The lowest BCUT2D eigenvalue weighted by atomic mass is 10.00. The Morgan fingerprint density at radius 2 is 1.64 bits per heavy atom. The monoisotopic (exact) mass is 544 g/mol. The normalized spacial score (nSPS) is 15.5. The number of carbonyl (C=O) groups is 2. The number of ether oxygens (including phenoxy) is 1. The molecule has 0 bridgehead atoms. The van der Waals surface area contributed by atoms with Gasteiger partial charge in [0, 0.05) is 43.3 Å². The molecule has 214 valence electrons. The Kier molecular flexibility index (Phi) is 11.8. The summed E-state index contributed by atoms with van der Waals surface area (Å²) in [6, 6.07) is 7.85. The van der Waals surface area contributed by atoms with Crippen molar-refractivity contribution >= 4 is 11.9 Å². The minimum atomic E-state index is -0.755. The first-order valence-corrected chi connectivity index (χ1v) is 14.0. The van der Waals surface area contributed by atoms with Crippen LogP contribution in [0.3, 0.4) is 0 Å². The topological polar surface area (TPSA) is 96.7 Å². The van der Waals surface area contributed by atoms with E-state index in [1.165, 1.54) is 12.1 Å². The van der Waals surface area contributed by atoms with Crippen LogP contribution < -0.4 is 16.4 Å². The van der Waals surface area contributed by atoms with Crippen LogP contribution in [0.15, 0.2) is 36.4 Å². The molecule has 2 atom stereocenters. The summed E-state index contributed by atoms with van der Waals surface area (Å²) in [7, 11) is 0. The van der Waals surface area contributed by atoms with Crippen molar-refractivity contribution in [1.29, 1.82) is 0 Å². The molecule has 0 saturated carbocycles. The highest BCUT2D eigenvalue weighted by Crippen LogP contribution is 2.17. The summed E-state index contributed by atoms with van der Waals surface area (Å²) in [5.41, 5.74) is 8.33. The number of nitrogens with zero attached hydrogens (tertiary/aromatic N) is 1. The molecule has 1 aliphatic rings. The van der Waals surface area contributed by atoms with Gasteiger partial charge in [-0.15, -0.1) is 0 Å². The van der Waals surface area contributed by atoms with Gasteiger partial charge in [-0.25, -0.2) is 13.6 Å². The van der Waals surface area contributed by atoms with Gasteiger partial charge < -0.3 is 26.0 Å². The van der Waals surface area contributed by atoms with Crippen LogP contribution >= 0.6 is 0 Å². The maximum absolute atomic E-state index is 13.8. The summed E-state index contributed by atoms with van der Waals surface area (Å²) in [4.78, 5) is 28.3. The predicted octanol–water partition coefficient (Wildman–Crippen LogP) is 3.97. The third-order valence-electron chi connectivity index (χ3n) is 6.91. The fraction of sp³-hybridized carbons (Fsp3) is 0.533. The molecule has 9 heteroatoms. The van der Waals surface area contributed by atoms with E-state index in [1.807, 2.05) is 20.8 Å². The molecule has 1 aliphatic heterocycles. The van der Waals surface area contributed by atoms with Crippen LogP contribution in [0.25, 0.3) is 0 Å².